The molecule has 0 aliphatic carbocycles. The van der Waals surface area contributed by atoms with Crippen molar-refractivity contribution in [3.63, 3.8) is 0 Å². The Labute approximate surface area is 118 Å². The molecule has 110 valence electrons. The number of carbonyl (C=O) groups excluding carboxylic acids is 1. The Bertz CT molecular complexity index is 496. The zero-order valence-corrected chi connectivity index (χ0v) is 12.1. The second kappa shape index (κ2) is 6.03. The van der Waals surface area contributed by atoms with E-state index in [9.17, 15) is 14.0 Å². The van der Waals surface area contributed by atoms with Crippen molar-refractivity contribution in [3.8, 4) is 0 Å². The number of carboxylic acid groups (broad SMARTS) is 1. The predicted octanol–water partition coefficient (Wildman–Crippen LogP) is 2.33. The Hall–Kier alpha value is -1.91. The fourth-order valence-corrected chi connectivity index (χ4v) is 1.72. The molecule has 0 aliphatic rings. The highest BCUT2D eigenvalue weighted by Crippen LogP contribution is 2.24. The summed E-state index contributed by atoms with van der Waals surface area (Å²) >= 11 is 0. The van der Waals surface area contributed by atoms with E-state index in [4.69, 9.17) is 5.11 Å². The molecule has 1 aromatic carbocycles. The van der Waals surface area contributed by atoms with E-state index in [0.717, 1.165) is 0 Å². The van der Waals surface area contributed by atoms with E-state index in [1.54, 1.807) is 32.9 Å². The number of hydrogen-bond acceptors (Lipinski definition) is 2. The smallest absolute Gasteiger partial charge is 0.308 e. The third kappa shape index (κ3) is 3.56. The summed E-state index contributed by atoms with van der Waals surface area (Å²) in [4.78, 5) is 23.2. The molecule has 2 N–H and O–H groups in total. The van der Waals surface area contributed by atoms with Crippen molar-refractivity contribution < 1.29 is 19.1 Å². The van der Waals surface area contributed by atoms with Crippen LogP contribution >= 0.6 is 0 Å². The maximum atomic E-state index is 12.9. The highest BCUT2D eigenvalue weighted by Gasteiger charge is 2.32. The van der Waals surface area contributed by atoms with Gasteiger partial charge in [0.05, 0.1) is 11.3 Å². The van der Waals surface area contributed by atoms with E-state index in [1.807, 2.05) is 0 Å². The van der Waals surface area contributed by atoms with Crippen molar-refractivity contribution in [2.75, 3.05) is 0 Å². The largest absolute Gasteiger partial charge is 0.481 e. The molecule has 0 bridgehead atoms. The van der Waals surface area contributed by atoms with Gasteiger partial charge in [0, 0.05) is 6.04 Å². The first-order valence-electron chi connectivity index (χ1n) is 6.46. The fourth-order valence-electron chi connectivity index (χ4n) is 1.72. The molecule has 2 unspecified atom stereocenters. The van der Waals surface area contributed by atoms with Gasteiger partial charge in [-0.3, -0.25) is 9.59 Å². The normalized spacial score (nSPS) is 14.4. The van der Waals surface area contributed by atoms with Crippen LogP contribution in [0.2, 0.25) is 0 Å². The van der Waals surface area contributed by atoms with Crippen molar-refractivity contribution in [2.24, 2.45) is 5.92 Å². The van der Waals surface area contributed by atoms with Crippen LogP contribution in [0.3, 0.4) is 0 Å². The molecular formula is C15H20FNO3. The second-order valence-electron chi connectivity index (χ2n) is 5.52. The number of hydrogen-bond donors (Lipinski definition) is 2. The van der Waals surface area contributed by atoms with Crippen molar-refractivity contribution in [3.05, 3.63) is 35.6 Å². The van der Waals surface area contributed by atoms with Gasteiger partial charge in [0.2, 0.25) is 5.91 Å². The van der Waals surface area contributed by atoms with Crippen LogP contribution in [0.25, 0.3) is 0 Å². The van der Waals surface area contributed by atoms with Crippen molar-refractivity contribution in [1.82, 2.24) is 5.32 Å². The highest BCUT2D eigenvalue weighted by atomic mass is 19.1. The summed E-state index contributed by atoms with van der Waals surface area (Å²) in [5.74, 6) is -2.29. The van der Waals surface area contributed by atoms with Gasteiger partial charge in [0.1, 0.15) is 5.82 Å². The number of amides is 1. The van der Waals surface area contributed by atoms with Crippen molar-refractivity contribution >= 4 is 11.9 Å². The first-order chi connectivity index (χ1) is 9.16. The summed E-state index contributed by atoms with van der Waals surface area (Å²) in [5.41, 5.74) is -0.188. The van der Waals surface area contributed by atoms with Crippen LogP contribution < -0.4 is 5.32 Å². The minimum Gasteiger partial charge on any atom is -0.481 e. The molecule has 1 rings (SSSR count). The van der Waals surface area contributed by atoms with Gasteiger partial charge in [-0.1, -0.05) is 12.1 Å². The Morgan fingerprint density at radius 1 is 1.20 bits per heavy atom. The lowest BCUT2D eigenvalue weighted by atomic mass is 9.83. The number of nitrogens with one attached hydrogen (secondary N) is 1. The maximum absolute atomic E-state index is 12.9. The molecule has 1 amide bonds. The number of aliphatic carboxylic acids is 1. The Kier molecular flexibility index (Phi) is 4.87. The molecule has 0 aromatic heterocycles. The summed E-state index contributed by atoms with van der Waals surface area (Å²) in [7, 11) is 0. The lowest BCUT2D eigenvalue weighted by Gasteiger charge is -2.27. The molecule has 4 nitrogen and oxygen atoms in total. The molecule has 0 heterocycles. The van der Waals surface area contributed by atoms with Crippen LogP contribution in [0.4, 0.5) is 4.39 Å². The monoisotopic (exact) mass is 281 g/mol. The van der Waals surface area contributed by atoms with Gasteiger partial charge >= 0.3 is 5.97 Å². The first kappa shape index (κ1) is 16.1. The molecule has 5 heteroatoms. The third-order valence-corrected chi connectivity index (χ3v) is 3.63. The minimum atomic E-state index is -0.961. The van der Waals surface area contributed by atoms with Crippen molar-refractivity contribution in [1.29, 1.82) is 0 Å². The zero-order chi connectivity index (χ0) is 15.5. The second-order valence-corrected chi connectivity index (χ2v) is 5.52. The van der Waals surface area contributed by atoms with Crippen LogP contribution in [0, 0.1) is 11.7 Å². The number of carbonyl (C=O) groups is 2. The van der Waals surface area contributed by atoms with Crippen LogP contribution in [0.1, 0.15) is 33.3 Å². The zero-order valence-electron chi connectivity index (χ0n) is 12.1. The average molecular weight is 281 g/mol. The van der Waals surface area contributed by atoms with Crippen molar-refractivity contribution in [2.45, 2.75) is 39.2 Å². The number of benzene rings is 1. The molecule has 20 heavy (non-hydrogen) atoms. The van der Waals surface area contributed by atoms with Crippen LogP contribution in [-0.4, -0.2) is 23.0 Å². The molecule has 0 saturated heterocycles. The highest BCUT2D eigenvalue weighted by molar-refractivity contribution is 5.88. The van der Waals surface area contributed by atoms with Gasteiger partial charge in [-0.2, -0.15) is 0 Å². The molecular weight excluding hydrogens is 261 g/mol. The van der Waals surface area contributed by atoms with E-state index >= 15 is 0 Å². The molecule has 0 fully saturated rings. The molecule has 0 saturated carbocycles. The topological polar surface area (TPSA) is 66.4 Å². The number of rotatable bonds is 5. The average Bonchev–Trinajstić information content (AvgIpc) is 2.37. The number of carboxylic acids is 1. The maximum Gasteiger partial charge on any atom is 0.308 e. The standard InChI is InChI=1S/C15H20FNO3/c1-9(13(18)19)10(2)17-14(20)15(3,4)11-5-7-12(16)8-6-11/h5-10H,1-4H3,(H,17,20)(H,18,19). The van der Waals surface area contributed by atoms with Gasteiger partial charge in [-0.15, -0.1) is 0 Å². The molecule has 1 aromatic rings. The van der Waals surface area contributed by atoms with Gasteiger partial charge in [-0.25, -0.2) is 4.39 Å². The SMILES string of the molecule is CC(NC(=O)C(C)(C)c1ccc(F)cc1)C(C)C(=O)O. The quantitative estimate of drug-likeness (QED) is 0.870. The lowest BCUT2D eigenvalue weighted by Crippen LogP contribution is -2.47. The Morgan fingerprint density at radius 2 is 1.70 bits per heavy atom. The van der Waals surface area contributed by atoms with E-state index < -0.39 is 23.3 Å². The summed E-state index contributed by atoms with van der Waals surface area (Å²) < 4.78 is 12.9. The van der Waals surface area contributed by atoms with Gasteiger partial charge in [-0.05, 0) is 45.4 Å². The molecule has 2 atom stereocenters. The van der Waals surface area contributed by atoms with E-state index in [1.165, 1.54) is 19.1 Å². The summed E-state index contributed by atoms with van der Waals surface area (Å²) in [6.45, 7) is 6.62. The van der Waals surface area contributed by atoms with Gasteiger partial charge < -0.3 is 10.4 Å². The van der Waals surface area contributed by atoms with Gasteiger partial charge in [0.25, 0.3) is 0 Å². The van der Waals surface area contributed by atoms with E-state index in [-0.39, 0.29) is 11.7 Å². The lowest BCUT2D eigenvalue weighted by molar-refractivity contribution is -0.142. The Balaban J connectivity index is 2.84. The van der Waals surface area contributed by atoms with E-state index in [2.05, 4.69) is 5.32 Å². The van der Waals surface area contributed by atoms with Crippen LogP contribution in [-0.2, 0) is 15.0 Å². The summed E-state index contributed by atoms with van der Waals surface area (Å²) in [6, 6.07) is 5.22. The summed E-state index contributed by atoms with van der Waals surface area (Å²) in [5, 5.41) is 11.6. The Morgan fingerprint density at radius 3 is 2.15 bits per heavy atom. The van der Waals surface area contributed by atoms with E-state index in [0.29, 0.717) is 5.56 Å². The van der Waals surface area contributed by atoms with Gasteiger partial charge in [0.15, 0.2) is 0 Å². The predicted molar refractivity (Wildman–Crippen MR) is 73.8 cm³/mol. The fraction of sp³-hybridized carbons (Fsp3) is 0.467. The van der Waals surface area contributed by atoms with Crippen LogP contribution in [0.5, 0.6) is 0 Å². The molecule has 0 spiro atoms. The van der Waals surface area contributed by atoms with Crippen LogP contribution in [0.15, 0.2) is 24.3 Å². The third-order valence-electron chi connectivity index (χ3n) is 3.63. The number of halogens is 1. The summed E-state index contributed by atoms with van der Waals surface area (Å²) in [6.07, 6.45) is 0. The minimum absolute atomic E-state index is 0.287. The first-order valence-corrected chi connectivity index (χ1v) is 6.46. The molecule has 0 aliphatic heterocycles. The molecule has 0 radical (unpaired) electrons.